The van der Waals surface area contributed by atoms with E-state index < -0.39 is 0 Å². The van der Waals surface area contributed by atoms with Crippen molar-refractivity contribution in [1.29, 1.82) is 0 Å². The van der Waals surface area contributed by atoms with E-state index in [1.807, 2.05) is 0 Å². The maximum Gasteiger partial charge on any atom is 0.0402 e. The quantitative estimate of drug-likeness (QED) is 0.676. The van der Waals surface area contributed by atoms with Crippen LogP contribution in [0.5, 0.6) is 0 Å². The molecule has 0 bridgehead atoms. The first-order chi connectivity index (χ1) is 6.88. The maximum absolute atomic E-state index is 7.57. The lowest BCUT2D eigenvalue weighted by atomic mass is 10.1. The van der Waals surface area contributed by atoms with E-state index in [-0.39, 0.29) is 6.61 Å². The Bertz CT molecular complexity index is 214. The summed E-state index contributed by atoms with van der Waals surface area (Å²) in [6, 6.07) is 10.8. The van der Waals surface area contributed by atoms with E-state index in [0.717, 1.165) is 5.92 Å². The van der Waals surface area contributed by atoms with Crippen molar-refractivity contribution in [2.75, 3.05) is 6.61 Å². The molecule has 1 nitrogen and oxygen atoms in total. The molecule has 0 spiro atoms. The van der Waals surface area contributed by atoms with Crippen molar-refractivity contribution >= 4 is 0 Å². The number of hydrogen-bond donors (Lipinski definition) is 1. The van der Waals surface area contributed by atoms with Crippen LogP contribution in [0.2, 0.25) is 0 Å². The Balaban J connectivity index is 0.000000294. The van der Waals surface area contributed by atoms with E-state index in [1.165, 1.54) is 18.4 Å². The molecule has 1 aromatic carbocycles. The van der Waals surface area contributed by atoms with Gasteiger partial charge in [0.15, 0.2) is 0 Å². The first kappa shape index (κ1) is 12.9. The van der Waals surface area contributed by atoms with Gasteiger partial charge in [-0.3, -0.25) is 0 Å². The highest BCUT2D eigenvalue weighted by molar-refractivity contribution is 5.22. The van der Waals surface area contributed by atoms with Crippen molar-refractivity contribution in [3.63, 3.8) is 0 Å². The van der Waals surface area contributed by atoms with Crippen LogP contribution in [0.4, 0.5) is 0 Å². The molecule has 0 saturated heterocycles. The summed E-state index contributed by atoms with van der Waals surface area (Å²) < 4.78 is 0. The molecule has 1 aromatic rings. The Morgan fingerprint density at radius 2 is 1.64 bits per heavy atom. The summed E-state index contributed by atoms with van der Waals surface area (Å²) in [5.41, 5.74) is 1.53. The van der Waals surface area contributed by atoms with Gasteiger partial charge in [-0.2, -0.15) is 0 Å². The third kappa shape index (κ3) is 5.55. The van der Waals surface area contributed by atoms with Crippen LogP contribution in [0, 0.1) is 0 Å². The average Bonchev–Trinajstić information content (AvgIpc) is 3.07. The van der Waals surface area contributed by atoms with E-state index in [2.05, 4.69) is 43.5 Å². The Labute approximate surface area is 87.1 Å². The highest BCUT2D eigenvalue weighted by Gasteiger charge is 2.22. The molecule has 1 aliphatic carbocycles. The SMILES string of the molecule is C=C.CCO.c1ccc(C2CC2)cc1. The number of hydrogen-bond acceptors (Lipinski definition) is 1. The molecule has 0 atom stereocenters. The number of rotatable bonds is 1. The summed E-state index contributed by atoms with van der Waals surface area (Å²) in [5.74, 6) is 0.909. The fourth-order valence-corrected chi connectivity index (χ4v) is 1.14. The molecule has 2 rings (SSSR count). The van der Waals surface area contributed by atoms with Crippen molar-refractivity contribution in [2.45, 2.75) is 25.7 Å². The molecule has 0 aromatic heterocycles. The monoisotopic (exact) mass is 192 g/mol. The predicted molar refractivity (Wildman–Crippen MR) is 62.4 cm³/mol. The topological polar surface area (TPSA) is 20.2 Å². The lowest BCUT2D eigenvalue weighted by molar-refractivity contribution is 0.318. The van der Waals surface area contributed by atoms with Gasteiger partial charge < -0.3 is 5.11 Å². The molecule has 1 heteroatoms. The fourth-order valence-electron chi connectivity index (χ4n) is 1.14. The zero-order valence-electron chi connectivity index (χ0n) is 8.95. The first-order valence-corrected chi connectivity index (χ1v) is 5.04. The van der Waals surface area contributed by atoms with Gasteiger partial charge in [0.1, 0.15) is 0 Å². The predicted octanol–water partition coefficient (Wildman–Crippen LogP) is 3.36. The fraction of sp³-hybridized carbons (Fsp3) is 0.385. The van der Waals surface area contributed by atoms with Crippen molar-refractivity contribution in [2.24, 2.45) is 0 Å². The third-order valence-corrected chi connectivity index (χ3v) is 1.85. The maximum atomic E-state index is 7.57. The van der Waals surface area contributed by atoms with Gasteiger partial charge in [0.05, 0.1) is 0 Å². The molecule has 0 aliphatic heterocycles. The van der Waals surface area contributed by atoms with Crippen LogP contribution in [0.15, 0.2) is 43.5 Å². The lowest BCUT2D eigenvalue weighted by Gasteiger charge is -1.92. The van der Waals surface area contributed by atoms with Gasteiger partial charge in [-0.05, 0) is 31.2 Å². The summed E-state index contributed by atoms with van der Waals surface area (Å²) in [6.07, 6.45) is 2.81. The number of benzene rings is 1. The van der Waals surface area contributed by atoms with Gasteiger partial charge >= 0.3 is 0 Å². The molecule has 0 amide bonds. The second-order valence-electron chi connectivity index (χ2n) is 3.00. The van der Waals surface area contributed by atoms with Crippen LogP contribution in [0.3, 0.4) is 0 Å². The Morgan fingerprint density at radius 1 is 1.21 bits per heavy atom. The highest BCUT2D eigenvalue weighted by atomic mass is 16.2. The van der Waals surface area contributed by atoms with Gasteiger partial charge in [0, 0.05) is 6.61 Å². The average molecular weight is 192 g/mol. The summed E-state index contributed by atoms with van der Waals surface area (Å²) >= 11 is 0. The lowest BCUT2D eigenvalue weighted by Crippen LogP contribution is -1.73. The summed E-state index contributed by atoms with van der Waals surface area (Å²) in [5, 5.41) is 7.57. The molecule has 1 aliphatic rings. The van der Waals surface area contributed by atoms with Crippen LogP contribution >= 0.6 is 0 Å². The highest BCUT2D eigenvalue weighted by Crippen LogP contribution is 2.39. The minimum Gasteiger partial charge on any atom is -0.397 e. The summed E-state index contributed by atoms with van der Waals surface area (Å²) in [6.45, 7) is 7.93. The van der Waals surface area contributed by atoms with Crippen LogP contribution in [0.25, 0.3) is 0 Å². The van der Waals surface area contributed by atoms with Gasteiger partial charge in [0.2, 0.25) is 0 Å². The van der Waals surface area contributed by atoms with Crippen molar-refractivity contribution in [3.8, 4) is 0 Å². The van der Waals surface area contributed by atoms with Crippen LogP contribution in [-0.4, -0.2) is 11.7 Å². The minimum absolute atomic E-state index is 0.250. The Hall–Kier alpha value is -1.08. The zero-order chi connectivity index (χ0) is 10.8. The van der Waals surface area contributed by atoms with E-state index in [1.54, 1.807) is 6.92 Å². The molecule has 1 saturated carbocycles. The second kappa shape index (κ2) is 8.52. The zero-order valence-corrected chi connectivity index (χ0v) is 8.95. The standard InChI is InChI=1S/C9H10.C2H6O.C2H4/c1-2-4-8(5-3-1)9-6-7-9;1-2-3;1-2/h1-5,9H,6-7H2;3H,2H2,1H3;1-2H2. The molecule has 0 radical (unpaired) electrons. The first-order valence-electron chi connectivity index (χ1n) is 5.04. The van der Waals surface area contributed by atoms with E-state index in [4.69, 9.17) is 5.11 Å². The van der Waals surface area contributed by atoms with E-state index in [9.17, 15) is 0 Å². The summed E-state index contributed by atoms with van der Waals surface area (Å²) in [4.78, 5) is 0. The largest absolute Gasteiger partial charge is 0.397 e. The normalized spacial score (nSPS) is 13.0. The van der Waals surface area contributed by atoms with Crippen LogP contribution < -0.4 is 0 Å². The molecule has 14 heavy (non-hydrogen) atoms. The van der Waals surface area contributed by atoms with Crippen molar-refractivity contribution < 1.29 is 5.11 Å². The van der Waals surface area contributed by atoms with Gasteiger partial charge in [-0.25, -0.2) is 0 Å². The van der Waals surface area contributed by atoms with Gasteiger partial charge in [-0.1, -0.05) is 30.3 Å². The molecule has 0 heterocycles. The third-order valence-electron chi connectivity index (χ3n) is 1.85. The van der Waals surface area contributed by atoms with Crippen molar-refractivity contribution in [1.82, 2.24) is 0 Å². The van der Waals surface area contributed by atoms with Gasteiger partial charge in [0.25, 0.3) is 0 Å². The Morgan fingerprint density at radius 3 is 2.00 bits per heavy atom. The van der Waals surface area contributed by atoms with E-state index >= 15 is 0 Å². The number of aliphatic hydroxyl groups excluding tert-OH is 1. The van der Waals surface area contributed by atoms with Crippen molar-refractivity contribution in [3.05, 3.63) is 49.1 Å². The summed E-state index contributed by atoms with van der Waals surface area (Å²) in [7, 11) is 0. The van der Waals surface area contributed by atoms with Crippen LogP contribution in [-0.2, 0) is 0 Å². The molecule has 78 valence electrons. The second-order valence-corrected chi connectivity index (χ2v) is 3.00. The Kier molecular flexibility index (Phi) is 7.86. The molecular formula is C13H20O. The van der Waals surface area contributed by atoms with E-state index in [0.29, 0.717) is 0 Å². The molecule has 1 N–H and O–H groups in total. The molecule has 1 fully saturated rings. The van der Waals surface area contributed by atoms with Gasteiger partial charge in [-0.15, -0.1) is 13.2 Å². The molecular weight excluding hydrogens is 172 g/mol. The van der Waals surface area contributed by atoms with Crippen LogP contribution in [0.1, 0.15) is 31.2 Å². The smallest absolute Gasteiger partial charge is 0.0402 e. The minimum atomic E-state index is 0.250. The molecule has 0 unspecified atom stereocenters. The number of aliphatic hydroxyl groups is 1.